The zero-order valence-electron chi connectivity index (χ0n) is 8.72. The van der Waals surface area contributed by atoms with Crippen molar-refractivity contribution in [2.45, 2.75) is 25.0 Å². The van der Waals surface area contributed by atoms with E-state index in [-0.39, 0.29) is 24.5 Å². The van der Waals surface area contributed by atoms with Crippen LogP contribution in [0.3, 0.4) is 0 Å². The number of aliphatic hydroxyl groups is 2. The number of nitrogens with one attached hydrogen (secondary N) is 1. The molecule has 3 atom stereocenters. The Bertz CT molecular complexity index is 247. The van der Waals surface area contributed by atoms with E-state index in [1.165, 1.54) is 0 Å². The molecule has 0 bridgehead atoms. The number of hydrogen-bond donors (Lipinski definition) is 3. The van der Waals surface area contributed by atoms with Crippen molar-refractivity contribution in [1.29, 1.82) is 0 Å². The topological polar surface area (TPSA) is 72.8 Å². The predicted molar refractivity (Wildman–Crippen MR) is 54.2 cm³/mol. The van der Waals surface area contributed by atoms with Crippen molar-refractivity contribution in [3.63, 3.8) is 0 Å². The summed E-state index contributed by atoms with van der Waals surface area (Å²) in [4.78, 5) is 13.7. The smallest absolute Gasteiger partial charge is 0.239 e. The number of aliphatic hydroxyl groups excluding tert-OH is 2. The summed E-state index contributed by atoms with van der Waals surface area (Å²) in [6, 6.07) is -0.225. The summed E-state index contributed by atoms with van der Waals surface area (Å²) in [6.07, 6.45) is 1.01. The van der Waals surface area contributed by atoms with Gasteiger partial charge in [0, 0.05) is 32.2 Å². The molecule has 0 aromatic carbocycles. The number of rotatable bonds is 2. The van der Waals surface area contributed by atoms with E-state index in [4.69, 9.17) is 5.11 Å². The molecule has 0 spiro atoms. The van der Waals surface area contributed by atoms with Crippen LogP contribution in [-0.2, 0) is 4.79 Å². The molecule has 86 valence electrons. The minimum Gasteiger partial charge on any atom is -0.396 e. The molecule has 5 heteroatoms. The van der Waals surface area contributed by atoms with Crippen LogP contribution in [0.1, 0.15) is 12.8 Å². The molecule has 1 amide bonds. The summed E-state index contributed by atoms with van der Waals surface area (Å²) in [5.74, 6) is 0.308. The number of nitrogens with zero attached hydrogens (tertiary/aromatic N) is 1. The summed E-state index contributed by atoms with van der Waals surface area (Å²) in [5.41, 5.74) is 0. The summed E-state index contributed by atoms with van der Waals surface area (Å²) in [7, 11) is 0. The van der Waals surface area contributed by atoms with E-state index in [1.54, 1.807) is 4.90 Å². The lowest BCUT2D eigenvalue weighted by atomic mass is 10.1. The molecule has 2 aliphatic heterocycles. The second kappa shape index (κ2) is 4.47. The van der Waals surface area contributed by atoms with Crippen LogP contribution in [0.5, 0.6) is 0 Å². The number of amides is 1. The lowest BCUT2D eigenvalue weighted by Crippen LogP contribution is -2.42. The Morgan fingerprint density at radius 3 is 2.87 bits per heavy atom. The first kappa shape index (κ1) is 10.9. The lowest BCUT2D eigenvalue weighted by Gasteiger charge is -2.20. The maximum atomic E-state index is 11.9. The van der Waals surface area contributed by atoms with E-state index in [0.29, 0.717) is 19.5 Å². The highest BCUT2D eigenvalue weighted by Crippen LogP contribution is 2.18. The van der Waals surface area contributed by atoms with Crippen LogP contribution in [0.15, 0.2) is 0 Å². The van der Waals surface area contributed by atoms with Crippen molar-refractivity contribution in [1.82, 2.24) is 10.2 Å². The second-order valence-corrected chi connectivity index (χ2v) is 4.47. The molecule has 2 rings (SSSR count). The first-order chi connectivity index (χ1) is 7.20. The number of carbonyl (C=O) groups is 1. The molecule has 2 aliphatic rings. The third-order valence-electron chi connectivity index (χ3n) is 3.26. The third-order valence-corrected chi connectivity index (χ3v) is 3.26. The highest BCUT2D eigenvalue weighted by Gasteiger charge is 2.34. The molecular weight excluding hydrogens is 196 g/mol. The van der Waals surface area contributed by atoms with Crippen LogP contribution < -0.4 is 5.32 Å². The van der Waals surface area contributed by atoms with E-state index < -0.39 is 6.10 Å². The van der Waals surface area contributed by atoms with Gasteiger partial charge in [0.1, 0.15) is 0 Å². The zero-order chi connectivity index (χ0) is 10.8. The van der Waals surface area contributed by atoms with E-state index in [0.717, 1.165) is 13.0 Å². The highest BCUT2D eigenvalue weighted by molar-refractivity contribution is 5.82. The fourth-order valence-corrected chi connectivity index (χ4v) is 2.31. The molecular formula is C10H18N2O3. The van der Waals surface area contributed by atoms with Gasteiger partial charge in [-0.25, -0.2) is 0 Å². The average Bonchev–Trinajstić information content (AvgIpc) is 2.84. The van der Waals surface area contributed by atoms with Gasteiger partial charge in [-0.2, -0.15) is 0 Å². The number of carbonyl (C=O) groups excluding carboxylic acids is 1. The zero-order valence-corrected chi connectivity index (χ0v) is 8.72. The van der Waals surface area contributed by atoms with E-state index in [1.807, 2.05) is 0 Å². The Balaban J connectivity index is 1.86. The van der Waals surface area contributed by atoms with Crippen molar-refractivity contribution in [2.24, 2.45) is 5.92 Å². The Morgan fingerprint density at radius 1 is 1.53 bits per heavy atom. The Labute approximate surface area is 89.1 Å². The Hall–Kier alpha value is -0.650. The number of β-amino-alcohol motifs (C(OH)–C–C–N with tert-alkyl or cyclic N) is 1. The first-order valence-corrected chi connectivity index (χ1v) is 5.52. The predicted octanol–water partition coefficient (Wildman–Crippen LogP) is -1.45. The highest BCUT2D eigenvalue weighted by atomic mass is 16.3. The van der Waals surface area contributed by atoms with Gasteiger partial charge in [0.05, 0.1) is 12.1 Å². The average molecular weight is 214 g/mol. The molecule has 0 aromatic heterocycles. The Kier molecular flexibility index (Phi) is 3.23. The fraction of sp³-hybridized carbons (Fsp3) is 0.900. The summed E-state index contributed by atoms with van der Waals surface area (Å²) in [5, 5.41) is 21.3. The minimum atomic E-state index is -0.393. The van der Waals surface area contributed by atoms with Gasteiger partial charge in [-0.1, -0.05) is 0 Å². The summed E-state index contributed by atoms with van der Waals surface area (Å²) in [6.45, 7) is 2.06. The van der Waals surface area contributed by atoms with E-state index in [9.17, 15) is 9.90 Å². The summed E-state index contributed by atoms with van der Waals surface area (Å²) >= 11 is 0. The standard InChI is InChI=1S/C10H18N2O3/c13-6-7-1-2-12(5-7)10(15)9-3-8(14)4-11-9/h7-9,11,13-14H,1-6H2. The minimum absolute atomic E-state index is 0.0718. The molecule has 3 unspecified atom stereocenters. The monoisotopic (exact) mass is 214 g/mol. The van der Waals surface area contributed by atoms with Gasteiger partial charge in [0.15, 0.2) is 0 Å². The molecule has 0 radical (unpaired) electrons. The SMILES string of the molecule is O=C(C1CC(O)CN1)N1CCC(CO)C1. The van der Waals surface area contributed by atoms with E-state index in [2.05, 4.69) is 5.32 Å². The normalized spacial score (nSPS) is 36.1. The molecule has 3 N–H and O–H groups in total. The molecule has 0 aliphatic carbocycles. The van der Waals surface area contributed by atoms with Crippen LogP contribution in [0.4, 0.5) is 0 Å². The molecule has 2 saturated heterocycles. The van der Waals surface area contributed by atoms with Crippen molar-refractivity contribution in [2.75, 3.05) is 26.2 Å². The molecule has 2 fully saturated rings. The van der Waals surface area contributed by atoms with Crippen molar-refractivity contribution in [3.05, 3.63) is 0 Å². The maximum Gasteiger partial charge on any atom is 0.239 e. The van der Waals surface area contributed by atoms with Crippen molar-refractivity contribution >= 4 is 5.91 Å². The molecule has 0 aromatic rings. The Morgan fingerprint density at radius 2 is 2.33 bits per heavy atom. The van der Waals surface area contributed by atoms with Gasteiger partial charge < -0.3 is 20.4 Å². The van der Waals surface area contributed by atoms with Gasteiger partial charge >= 0.3 is 0 Å². The van der Waals surface area contributed by atoms with Gasteiger partial charge in [0.2, 0.25) is 5.91 Å². The lowest BCUT2D eigenvalue weighted by molar-refractivity contribution is -0.132. The number of hydrogen-bond acceptors (Lipinski definition) is 4. The number of likely N-dealkylation sites (tertiary alicyclic amines) is 1. The molecule has 0 saturated carbocycles. The van der Waals surface area contributed by atoms with Gasteiger partial charge in [-0.05, 0) is 12.8 Å². The van der Waals surface area contributed by atoms with Crippen molar-refractivity contribution < 1.29 is 15.0 Å². The van der Waals surface area contributed by atoms with E-state index >= 15 is 0 Å². The quantitative estimate of drug-likeness (QED) is 0.526. The van der Waals surface area contributed by atoms with Gasteiger partial charge in [-0.15, -0.1) is 0 Å². The molecule has 15 heavy (non-hydrogen) atoms. The summed E-state index contributed by atoms with van der Waals surface area (Å²) < 4.78 is 0. The maximum absolute atomic E-state index is 11.9. The first-order valence-electron chi connectivity index (χ1n) is 5.52. The van der Waals surface area contributed by atoms with Crippen LogP contribution in [0, 0.1) is 5.92 Å². The fourth-order valence-electron chi connectivity index (χ4n) is 2.31. The van der Waals surface area contributed by atoms with Gasteiger partial charge in [0.25, 0.3) is 0 Å². The van der Waals surface area contributed by atoms with Crippen molar-refractivity contribution in [3.8, 4) is 0 Å². The third kappa shape index (κ3) is 2.30. The van der Waals surface area contributed by atoms with Crippen LogP contribution in [0.25, 0.3) is 0 Å². The van der Waals surface area contributed by atoms with Crippen LogP contribution >= 0.6 is 0 Å². The molecule has 2 heterocycles. The largest absolute Gasteiger partial charge is 0.396 e. The second-order valence-electron chi connectivity index (χ2n) is 4.47. The van der Waals surface area contributed by atoms with Crippen LogP contribution in [-0.4, -0.2) is 59.4 Å². The molecule has 5 nitrogen and oxygen atoms in total. The van der Waals surface area contributed by atoms with Crippen LogP contribution in [0.2, 0.25) is 0 Å². The van der Waals surface area contributed by atoms with Gasteiger partial charge in [-0.3, -0.25) is 4.79 Å².